The van der Waals surface area contributed by atoms with Crippen LogP contribution in [-0.4, -0.2) is 35.2 Å². The summed E-state index contributed by atoms with van der Waals surface area (Å²) in [5.41, 5.74) is 0.429. The number of hydrogen-bond acceptors (Lipinski definition) is 4. The highest BCUT2D eigenvalue weighted by Crippen LogP contribution is 2.36. The second-order valence-electron chi connectivity index (χ2n) is 5.47. The van der Waals surface area contributed by atoms with Gasteiger partial charge in [0.2, 0.25) is 0 Å². The van der Waals surface area contributed by atoms with Crippen molar-refractivity contribution in [2.45, 2.75) is 32.9 Å². The van der Waals surface area contributed by atoms with Gasteiger partial charge in [0.15, 0.2) is 11.5 Å². The van der Waals surface area contributed by atoms with Gasteiger partial charge in [-0.2, -0.15) is 0 Å². The van der Waals surface area contributed by atoms with Gasteiger partial charge in [0.1, 0.15) is 0 Å². The summed E-state index contributed by atoms with van der Waals surface area (Å²) in [6.07, 6.45) is 6.12. The monoisotopic (exact) mass is 351 g/mol. The summed E-state index contributed by atoms with van der Waals surface area (Å²) in [7, 11) is 1.52. The summed E-state index contributed by atoms with van der Waals surface area (Å²) >= 11 is 6.25. The molecule has 0 aliphatic heterocycles. The van der Waals surface area contributed by atoms with Gasteiger partial charge >= 0.3 is 0 Å². The largest absolute Gasteiger partial charge is 0.493 e. The van der Waals surface area contributed by atoms with E-state index in [0.29, 0.717) is 35.2 Å². The van der Waals surface area contributed by atoms with E-state index in [2.05, 4.69) is 10.3 Å². The van der Waals surface area contributed by atoms with Gasteiger partial charge < -0.3 is 19.4 Å². The molecule has 0 aliphatic carbocycles. The number of hydrogen-bond donors (Lipinski definition) is 1. The van der Waals surface area contributed by atoms with Crippen LogP contribution >= 0.6 is 11.6 Å². The number of nitrogens with zero attached hydrogens (tertiary/aromatic N) is 2. The second kappa shape index (κ2) is 8.59. The van der Waals surface area contributed by atoms with Crippen LogP contribution in [0.1, 0.15) is 30.6 Å². The molecule has 0 aliphatic rings. The van der Waals surface area contributed by atoms with Crippen LogP contribution in [0.15, 0.2) is 30.9 Å². The second-order valence-corrected chi connectivity index (χ2v) is 5.88. The minimum Gasteiger partial charge on any atom is -0.493 e. The number of nitrogens with one attached hydrogen (secondary N) is 1. The molecule has 1 heterocycles. The average Bonchev–Trinajstić information content (AvgIpc) is 3.05. The molecule has 1 aromatic heterocycles. The van der Waals surface area contributed by atoms with E-state index in [1.807, 2.05) is 24.6 Å². The van der Waals surface area contributed by atoms with Crippen LogP contribution in [0.4, 0.5) is 0 Å². The summed E-state index contributed by atoms with van der Waals surface area (Å²) in [6, 6.07) is 3.16. The smallest absolute Gasteiger partial charge is 0.251 e. The van der Waals surface area contributed by atoms with Crippen molar-refractivity contribution in [3.63, 3.8) is 0 Å². The maximum atomic E-state index is 12.4. The minimum absolute atomic E-state index is 0.0625. The number of rotatable bonds is 8. The summed E-state index contributed by atoms with van der Waals surface area (Å²) in [5.74, 6) is 0.692. The first-order valence-electron chi connectivity index (χ1n) is 7.82. The van der Waals surface area contributed by atoms with Crippen LogP contribution in [0.3, 0.4) is 0 Å². The van der Waals surface area contributed by atoms with Gasteiger partial charge in [0, 0.05) is 30.5 Å². The van der Waals surface area contributed by atoms with Crippen LogP contribution in [0.5, 0.6) is 11.5 Å². The summed E-state index contributed by atoms with van der Waals surface area (Å²) in [6.45, 7) is 5.09. The number of halogens is 1. The van der Waals surface area contributed by atoms with Crippen molar-refractivity contribution in [3.05, 3.63) is 41.4 Å². The topological polar surface area (TPSA) is 65.4 Å². The van der Waals surface area contributed by atoms with Crippen molar-refractivity contribution in [2.24, 2.45) is 0 Å². The highest BCUT2D eigenvalue weighted by molar-refractivity contribution is 6.32. The molecule has 1 amide bonds. The molecule has 2 rings (SSSR count). The quantitative estimate of drug-likeness (QED) is 0.793. The van der Waals surface area contributed by atoms with Crippen LogP contribution in [-0.2, 0) is 6.54 Å². The van der Waals surface area contributed by atoms with E-state index in [1.165, 1.54) is 7.11 Å². The van der Waals surface area contributed by atoms with Gasteiger partial charge in [-0.1, -0.05) is 18.5 Å². The summed E-state index contributed by atoms with van der Waals surface area (Å²) in [5, 5.41) is 3.29. The number of methoxy groups -OCH3 is 1. The van der Waals surface area contributed by atoms with E-state index in [1.54, 1.807) is 24.7 Å². The molecule has 2 aromatic rings. The fraction of sp³-hybridized carbons (Fsp3) is 0.412. The van der Waals surface area contributed by atoms with Gasteiger partial charge in [-0.3, -0.25) is 4.79 Å². The van der Waals surface area contributed by atoms with E-state index < -0.39 is 0 Å². The molecule has 7 heteroatoms. The molecule has 24 heavy (non-hydrogen) atoms. The molecule has 0 radical (unpaired) electrons. The molecule has 0 spiro atoms. The van der Waals surface area contributed by atoms with Gasteiger partial charge in [-0.25, -0.2) is 4.98 Å². The molecule has 6 nitrogen and oxygen atoms in total. The fourth-order valence-electron chi connectivity index (χ4n) is 2.26. The van der Waals surface area contributed by atoms with Gasteiger partial charge in [0.05, 0.1) is 25.1 Å². The normalized spacial score (nSPS) is 11.8. The van der Waals surface area contributed by atoms with Gasteiger partial charge in [0.25, 0.3) is 5.91 Å². The van der Waals surface area contributed by atoms with Crippen molar-refractivity contribution in [2.75, 3.05) is 13.7 Å². The zero-order valence-electron chi connectivity index (χ0n) is 14.1. The molecule has 0 fully saturated rings. The Balaban J connectivity index is 2.09. The Morgan fingerprint density at radius 1 is 1.46 bits per heavy atom. The number of imidazole rings is 1. The fourth-order valence-corrected chi connectivity index (χ4v) is 2.52. The average molecular weight is 352 g/mol. The Morgan fingerprint density at radius 3 is 2.88 bits per heavy atom. The van der Waals surface area contributed by atoms with E-state index in [0.717, 1.165) is 6.42 Å². The molecule has 130 valence electrons. The zero-order valence-corrected chi connectivity index (χ0v) is 14.8. The lowest BCUT2D eigenvalue weighted by molar-refractivity contribution is 0.0936. The lowest BCUT2D eigenvalue weighted by Crippen LogP contribution is -2.35. The third-order valence-electron chi connectivity index (χ3n) is 3.36. The Hall–Kier alpha value is -2.21. The van der Waals surface area contributed by atoms with E-state index >= 15 is 0 Å². The van der Waals surface area contributed by atoms with Crippen LogP contribution < -0.4 is 14.8 Å². The Bertz CT molecular complexity index is 674. The summed E-state index contributed by atoms with van der Waals surface area (Å²) in [4.78, 5) is 16.4. The molecule has 1 aromatic carbocycles. The molecular formula is C17H22ClN3O3. The number of carbonyl (C=O) groups is 1. The lowest BCUT2D eigenvalue weighted by Gasteiger charge is -2.16. The SMILES string of the molecule is CCCOc1c(Cl)cc(C(=O)NC(C)Cn2ccnc2)cc1OC. The van der Waals surface area contributed by atoms with Crippen molar-refractivity contribution in [1.82, 2.24) is 14.9 Å². The number of amides is 1. The molecular weight excluding hydrogens is 330 g/mol. The predicted octanol–water partition coefficient (Wildman–Crippen LogP) is 3.15. The van der Waals surface area contributed by atoms with Crippen molar-refractivity contribution in [3.8, 4) is 11.5 Å². The first-order valence-corrected chi connectivity index (χ1v) is 8.19. The van der Waals surface area contributed by atoms with Crippen LogP contribution in [0, 0.1) is 0 Å². The summed E-state index contributed by atoms with van der Waals surface area (Å²) < 4.78 is 12.8. The highest BCUT2D eigenvalue weighted by Gasteiger charge is 2.17. The lowest BCUT2D eigenvalue weighted by atomic mass is 10.1. The number of carbonyl (C=O) groups excluding carboxylic acids is 1. The van der Waals surface area contributed by atoms with Crippen molar-refractivity contribution >= 4 is 17.5 Å². The molecule has 0 saturated heterocycles. The minimum atomic E-state index is -0.218. The maximum Gasteiger partial charge on any atom is 0.251 e. The maximum absolute atomic E-state index is 12.4. The standard InChI is InChI=1S/C17H22ClN3O3/c1-4-7-24-16-14(18)8-13(9-15(16)23-3)17(22)20-12(2)10-21-6-5-19-11-21/h5-6,8-9,11-12H,4,7,10H2,1-3H3,(H,20,22). The van der Waals surface area contributed by atoms with Crippen LogP contribution in [0.25, 0.3) is 0 Å². The molecule has 1 N–H and O–H groups in total. The third-order valence-corrected chi connectivity index (χ3v) is 3.64. The number of aromatic nitrogens is 2. The highest BCUT2D eigenvalue weighted by atomic mass is 35.5. The first kappa shape index (κ1) is 18.1. The first-order chi connectivity index (χ1) is 11.5. The number of benzene rings is 1. The van der Waals surface area contributed by atoms with E-state index in [9.17, 15) is 4.79 Å². The predicted molar refractivity (Wildman–Crippen MR) is 92.9 cm³/mol. The van der Waals surface area contributed by atoms with E-state index in [-0.39, 0.29) is 11.9 Å². The van der Waals surface area contributed by atoms with Gasteiger partial charge in [-0.05, 0) is 25.5 Å². The molecule has 1 atom stereocenters. The van der Waals surface area contributed by atoms with Crippen molar-refractivity contribution < 1.29 is 14.3 Å². The Labute approximate surface area is 146 Å². The zero-order chi connectivity index (χ0) is 17.5. The molecule has 0 bridgehead atoms. The number of ether oxygens (including phenoxy) is 2. The van der Waals surface area contributed by atoms with Crippen molar-refractivity contribution in [1.29, 1.82) is 0 Å². The Morgan fingerprint density at radius 2 is 2.25 bits per heavy atom. The van der Waals surface area contributed by atoms with Crippen LogP contribution in [0.2, 0.25) is 5.02 Å². The van der Waals surface area contributed by atoms with Gasteiger partial charge in [-0.15, -0.1) is 0 Å². The Kier molecular flexibility index (Phi) is 6.49. The van der Waals surface area contributed by atoms with E-state index in [4.69, 9.17) is 21.1 Å². The third kappa shape index (κ3) is 4.64. The molecule has 0 saturated carbocycles. The molecule has 1 unspecified atom stereocenters.